The number of nitrogens with one attached hydrogen (secondary N) is 2. The van der Waals surface area contributed by atoms with E-state index in [2.05, 4.69) is 10.6 Å². The van der Waals surface area contributed by atoms with Crippen molar-refractivity contribution in [2.24, 2.45) is 11.5 Å². The Morgan fingerprint density at radius 3 is 2.52 bits per heavy atom. The van der Waals surface area contributed by atoms with E-state index >= 15 is 0 Å². The highest BCUT2D eigenvalue weighted by Gasteiger charge is 2.50. The van der Waals surface area contributed by atoms with Gasteiger partial charge in [0.2, 0.25) is 0 Å². The Labute approximate surface area is 158 Å². The van der Waals surface area contributed by atoms with E-state index in [-0.39, 0.29) is 26.1 Å². The average molecular weight is 394 g/mol. The molecule has 2 unspecified atom stereocenters. The summed E-state index contributed by atoms with van der Waals surface area (Å²) in [6.07, 6.45) is -6.35. The lowest BCUT2D eigenvalue weighted by Gasteiger charge is -2.47. The number of ether oxygens (including phenoxy) is 2. The fourth-order valence-corrected chi connectivity index (χ4v) is 3.72. The van der Waals surface area contributed by atoms with Crippen LogP contribution in [0.1, 0.15) is 13.3 Å². The second-order valence-electron chi connectivity index (χ2n) is 7.68. The zero-order valence-electron chi connectivity index (χ0n) is 15.7. The molecule has 1 aliphatic carbocycles. The maximum absolute atomic E-state index is 10.5. The first-order chi connectivity index (χ1) is 12.6. The van der Waals surface area contributed by atoms with Gasteiger partial charge in [0.15, 0.2) is 6.29 Å². The molecule has 160 valence electrons. The molecule has 27 heavy (non-hydrogen) atoms. The van der Waals surface area contributed by atoms with Gasteiger partial charge in [-0.3, -0.25) is 0 Å². The smallest absolute Gasteiger partial charge is 0.185 e. The molecule has 0 spiro atoms. The second kappa shape index (κ2) is 9.37. The summed E-state index contributed by atoms with van der Waals surface area (Å²) in [7, 11) is 1.60. The lowest BCUT2D eigenvalue weighted by atomic mass is 9.83. The van der Waals surface area contributed by atoms with Crippen LogP contribution in [0, 0.1) is 0 Å². The summed E-state index contributed by atoms with van der Waals surface area (Å²) in [5.74, 6) is 0. The molecule has 1 aliphatic heterocycles. The molecule has 1 saturated carbocycles. The fourth-order valence-electron chi connectivity index (χ4n) is 3.72. The van der Waals surface area contributed by atoms with E-state index < -0.39 is 60.5 Å². The summed E-state index contributed by atoms with van der Waals surface area (Å²) in [6, 6.07) is -1.91. The van der Waals surface area contributed by atoms with E-state index in [0.29, 0.717) is 0 Å². The maximum Gasteiger partial charge on any atom is 0.185 e. The number of aliphatic hydroxyl groups excluding tert-OH is 4. The number of rotatable bonds is 7. The minimum atomic E-state index is -1.33. The molecule has 2 aliphatic rings. The molecule has 10 atom stereocenters. The first-order valence-electron chi connectivity index (χ1n) is 9.20. The molecule has 11 heteroatoms. The van der Waals surface area contributed by atoms with Crippen LogP contribution in [0.25, 0.3) is 0 Å². The van der Waals surface area contributed by atoms with E-state index in [1.54, 1.807) is 7.05 Å². The zero-order valence-corrected chi connectivity index (χ0v) is 15.7. The number of nitrogens with two attached hydrogens (primary N) is 2. The third-order valence-electron chi connectivity index (χ3n) is 5.37. The molecular formula is C16H34N4O7. The van der Waals surface area contributed by atoms with Crippen LogP contribution >= 0.6 is 0 Å². The molecule has 1 heterocycles. The van der Waals surface area contributed by atoms with Crippen molar-refractivity contribution >= 4 is 0 Å². The van der Waals surface area contributed by atoms with E-state index in [0.717, 1.165) is 0 Å². The predicted molar refractivity (Wildman–Crippen MR) is 95.5 cm³/mol. The highest BCUT2D eigenvalue weighted by molar-refractivity contribution is 5.01. The van der Waals surface area contributed by atoms with Gasteiger partial charge < -0.3 is 57.1 Å². The maximum atomic E-state index is 10.5. The van der Waals surface area contributed by atoms with Gasteiger partial charge in [0, 0.05) is 25.2 Å². The lowest BCUT2D eigenvalue weighted by molar-refractivity contribution is -0.297. The van der Waals surface area contributed by atoms with E-state index in [1.165, 1.54) is 6.92 Å². The molecule has 11 N–H and O–H groups in total. The van der Waals surface area contributed by atoms with Crippen LogP contribution < -0.4 is 22.1 Å². The van der Waals surface area contributed by atoms with E-state index in [4.69, 9.17) is 20.9 Å². The van der Waals surface area contributed by atoms with Crippen LogP contribution in [-0.2, 0) is 9.47 Å². The zero-order chi connectivity index (χ0) is 20.4. The van der Waals surface area contributed by atoms with Crippen molar-refractivity contribution in [3.8, 4) is 0 Å². The summed E-state index contributed by atoms with van der Waals surface area (Å²) in [5.41, 5.74) is 9.99. The van der Waals surface area contributed by atoms with Gasteiger partial charge in [-0.05, 0) is 20.4 Å². The third-order valence-corrected chi connectivity index (χ3v) is 5.37. The van der Waals surface area contributed by atoms with Gasteiger partial charge in [-0.15, -0.1) is 0 Å². The Kier molecular flexibility index (Phi) is 7.93. The van der Waals surface area contributed by atoms with Crippen LogP contribution in [0.15, 0.2) is 0 Å². The molecule has 0 aromatic carbocycles. The monoisotopic (exact) mass is 394 g/mol. The summed E-state index contributed by atoms with van der Waals surface area (Å²) in [6.45, 7) is 1.66. The predicted octanol–water partition coefficient (Wildman–Crippen LogP) is -4.84. The lowest BCUT2D eigenvalue weighted by Crippen LogP contribution is -2.68. The fraction of sp³-hybridized carbons (Fsp3) is 1.00. The van der Waals surface area contributed by atoms with E-state index in [1.807, 2.05) is 0 Å². The minimum Gasteiger partial charge on any atom is -0.390 e. The highest BCUT2D eigenvalue weighted by atomic mass is 16.7. The van der Waals surface area contributed by atoms with Gasteiger partial charge in [-0.2, -0.15) is 0 Å². The highest BCUT2D eigenvalue weighted by Crippen LogP contribution is 2.29. The van der Waals surface area contributed by atoms with Gasteiger partial charge >= 0.3 is 0 Å². The largest absolute Gasteiger partial charge is 0.390 e. The number of likely N-dealkylation sites (N-methyl/N-ethyl adjacent to an activating group) is 1. The van der Waals surface area contributed by atoms with Gasteiger partial charge in [0.05, 0.1) is 24.9 Å². The molecule has 0 bridgehead atoms. The van der Waals surface area contributed by atoms with Crippen molar-refractivity contribution in [3.05, 3.63) is 0 Å². The number of aliphatic hydroxyl groups is 5. The summed E-state index contributed by atoms with van der Waals surface area (Å²) in [5, 5.41) is 57.0. The quantitative estimate of drug-likeness (QED) is 0.201. The van der Waals surface area contributed by atoms with Crippen molar-refractivity contribution in [2.45, 2.75) is 73.9 Å². The molecular weight excluding hydrogens is 360 g/mol. The van der Waals surface area contributed by atoms with Crippen molar-refractivity contribution in [1.82, 2.24) is 10.6 Å². The number of hydrogen-bond acceptors (Lipinski definition) is 11. The van der Waals surface area contributed by atoms with Crippen LogP contribution in [0.3, 0.4) is 0 Å². The molecule has 2 fully saturated rings. The van der Waals surface area contributed by atoms with Gasteiger partial charge in [0.25, 0.3) is 0 Å². The Balaban J connectivity index is 2.11. The van der Waals surface area contributed by atoms with Crippen molar-refractivity contribution in [3.63, 3.8) is 0 Å². The van der Waals surface area contributed by atoms with Gasteiger partial charge in [-0.25, -0.2) is 0 Å². The summed E-state index contributed by atoms with van der Waals surface area (Å²) < 4.78 is 11.3. The Morgan fingerprint density at radius 1 is 1.26 bits per heavy atom. The molecule has 11 nitrogen and oxygen atoms in total. The van der Waals surface area contributed by atoms with Crippen LogP contribution in [-0.4, -0.2) is 113 Å². The van der Waals surface area contributed by atoms with E-state index in [9.17, 15) is 25.5 Å². The number of hydrogen-bond donors (Lipinski definition) is 9. The SMILES string of the molecule is CN[C@@H]1[C@@H](O)[C@@H](O[C@H]2[C@H](NCC(O)CN)C[C@H](N)C(O)[C@@H]2O)OC[C@]1(C)O. The molecule has 1 saturated heterocycles. The first-order valence-corrected chi connectivity index (χ1v) is 9.20. The Hall–Kier alpha value is -0.440. The molecule has 0 radical (unpaired) electrons. The van der Waals surface area contributed by atoms with Crippen molar-refractivity contribution in [1.29, 1.82) is 0 Å². The molecule has 0 aromatic rings. The normalized spacial score (nSPS) is 47.0. The third kappa shape index (κ3) is 5.14. The van der Waals surface area contributed by atoms with Crippen LogP contribution in [0.4, 0.5) is 0 Å². The van der Waals surface area contributed by atoms with Gasteiger partial charge in [0.1, 0.15) is 23.9 Å². The second-order valence-corrected chi connectivity index (χ2v) is 7.68. The minimum absolute atomic E-state index is 0.0614. The summed E-state index contributed by atoms with van der Waals surface area (Å²) >= 11 is 0. The molecule has 2 rings (SSSR count). The topological polar surface area (TPSA) is 196 Å². The first kappa shape index (κ1) is 22.8. The molecule has 0 amide bonds. The van der Waals surface area contributed by atoms with Crippen molar-refractivity contribution in [2.75, 3.05) is 26.7 Å². The van der Waals surface area contributed by atoms with Crippen molar-refractivity contribution < 1.29 is 35.0 Å². The van der Waals surface area contributed by atoms with Gasteiger partial charge in [-0.1, -0.05) is 0 Å². The Morgan fingerprint density at radius 2 is 1.93 bits per heavy atom. The van der Waals surface area contributed by atoms with Crippen LogP contribution in [0.5, 0.6) is 0 Å². The standard InChI is InChI=1S/C16H34N4O7/c1-16(25)6-26-15(12(24)14(16)19-2)27-13-9(20-5-7(21)4-17)3-8(18)10(22)11(13)23/h7-15,19-25H,3-6,17-18H2,1-2H3/t7?,8-,9+,10?,11-,12+,13-,14+,15+,16-/m0/s1. The Bertz CT molecular complexity index is 472. The summed E-state index contributed by atoms with van der Waals surface area (Å²) in [4.78, 5) is 0. The molecule has 0 aromatic heterocycles. The average Bonchev–Trinajstić information content (AvgIpc) is 2.62. The van der Waals surface area contributed by atoms with Crippen LogP contribution in [0.2, 0.25) is 0 Å².